The number of nitrogens with zero attached hydrogens (tertiary/aromatic N) is 1. The number of rotatable bonds is 8. The summed E-state index contributed by atoms with van der Waals surface area (Å²) in [5, 5.41) is 60.5. The molecule has 0 radical (unpaired) electrons. The van der Waals surface area contributed by atoms with Crippen LogP contribution in [-0.2, 0) is 38.1 Å². The summed E-state index contributed by atoms with van der Waals surface area (Å²) < 4.78 is 29.5. The van der Waals surface area contributed by atoms with E-state index in [9.17, 15) is 49.5 Å². The number of fused-ring (bicyclic) bond motifs is 5. The third kappa shape index (κ3) is 6.29. The van der Waals surface area contributed by atoms with Gasteiger partial charge in [-0.15, -0.1) is 0 Å². The highest BCUT2D eigenvalue weighted by Gasteiger charge is 2.78. The van der Waals surface area contributed by atoms with E-state index in [1.54, 1.807) is 36.4 Å². The van der Waals surface area contributed by atoms with Crippen LogP contribution in [-0.4, -0.2) is 126 Å². The van der Waals surface area contributed by atoms with Gasteiger partial charge in [0.15, 0.2) is 29.3 Å². The summed E-state index contributed by atoms with van der Waals surface area (Å²) in [5.74, 6) is -5.51. The lowest BCUT2D eigenvalue weighted by Gasteiger charge is -2.67. The zero-order valence-corrected chi connectivity index (χ0v) is 33.9. The van der Waals surface area contributed by atoms with Crippen molar-refractivity contribution in [3.63, 3.8) is 0 Å². The molecule has 2 saturated heterocycles. The number of ketones is 1. The number of esters is 3. The van der Waals surface area contributed by atoms with Crippen LogP contribution in [0.15, 0.2) is 71.8 Å². The zero-order chi connectivity index (χ0) is 43.2. The summed E-state index contributed by atoms with van der Waals surface area (Å²) in [5.41, 5.74) is -8.93. The van der Waals surface area contributed by atoms with Crippen molar-refractivity contribution in [1.82, 2.24) is 4.90 Å². The number of cyclic esters (lactones) is 1. The Morgan fingerprint density at radius 3 is 2.07 bits per heavy atom. The lowest BCUT2D eigenvalue weighted by molar-refractivity contribution is -0.346. The van der Waals surface area contributed by atoms with Gasteiger partial charge in [-0.2, -0.15) is 0 Å². The van der Waals surface area contributed by atoms with Crippen molar-refractivity contribution in [3.05, 3.63) is 82.9 Å². The van der Waals surface area contributed by atoms with Crippen LogP contribution in [0.2, 0.25) is 0 Å². The molecule has 2 aliphatic heterocycles. The average molecular weight is 822 g/mol. The SMILES string of the molecule is CC(=O)O[C@@]12CO[C@@H]1C[C@H](O)[C@@]1(C)C(=O)[C@H](O)C3=C(C)[C@@H](OC(=O)[C@H](O)[C@H](c4ccccc4)N4C(=O)OC(C)(C)C4O)C[C@@](O)([C@@H](OC(=O)c4ccccc4)[C@H]21)C3(C)C. The van der Waals surface area contributed by atoms with Crippen molar-refractivity contribution in [2.24, 2.45) is 16.7 Å². The number of hydrogen-bond donors (Lipinski definition) is 5. The Bertz CT molecular complexity index is 2070. The van der Waals surface area contributed by atoms with E-state index in [0.717, 1.165) is 11.8 Å². The molecule has 2 aromatic rings. The fourth-order valence-corrected chi connectivity index (χ4v) is 10.3. The highest BCUT2D eigenvalue weighted by atomic mass is 16.6. The van der Waals surface area contributed by atoms with Crippen molar-refractivity contribution >= 4 is 29.8 Å². The quantitative estimate of drug-likeness (QED) is 0.146. The number of Topliss-reactive ketones (excluding diaryl/α,β-unsaturated/α-hetero) is 1. The van der Waals surface area contributed by atoms with Crippen molar-refractivity contribution in [1.29, 1.82) is 0 Å². The molecule has 2 bridgehead atoms. The van der Waals surface area contributed by atoms with Crippen LogP contribution in [0, 0.1) is 16.7 Å². The topological polar surface area (TPSA) is 236 Å². The highest BCUT2D eigenvalue weighted by molar-refractivity contribution is 5.94. The summed E-state index contributed by atoms with van der Waals surface area (Å²) in [6.07, 6.45) is -13.5. The molecule has 0 aromatic heterocycles. The molecule has 1 amide bonds. The van der Waals surface area contributed by atoms with Crippen LogP contribution in [0.3, 0.4) is 0 Å². The van der Waals surface area contributed by atoms with E-state index in [1.165, 1.54) is 65.8 Å². The molecule has 2 saturated carbocycles. The van der Waals surface area contributed by atoms with E-state index >= 15 is 0 Å². The van der Waals surface area contributed by atoms with E-state index < -0.39 is 119 Å². The van der Waals surface area contributed by atoms with Crippen LogP contribution < -0.4 is 0 Å². The number of aliphatic hydroxyl groups excluding tert-OH is 4. The maximum absolute atomic E-state index is 15.0. The number of benzene rings is 2. The summed E-state index contributed by atoms with van der Waals surface area (Å²) >= 11 is 0. The van der Waals surface area contributed by atoms with Gasteiger partial charge in [-0.05, 0) is 56.5 Å². The number of carbonyl (C=O) groups is 5. The minimum atomic E-state index is -2.39. The fourth-order valence-electron chi connectivity index (χ4n) is 10.3. The molecule has 2 aromatic carbocycles. The van der Waals surface area contributed by atoms with E-state index in [2.05, 4.69) is 0 Å². The standard InChI is InChI=1S/C43H51NO15/c1-21-25(56-36(51)31(48)29(23-14-10-8-11-15-23)44-37(52)40(5,6)59-38(44)53)19-43(54)34(57-35(50)24-16-12-9-13-17-24)32-41(7,33(49)30(47)28(21)39(43,3)4)26(46)18-27-42(32,20-55-27)58-22(2)45/h8-17,25-27,29-32,34,37,46-48,52,54H,18-20H2,1-7H3/t25-,26-,27+,29-,30+,31+,32-,34-,37?,41+,42-,43+/m0/s1. The molecule has 2 heterocycles. The van der Waals surface area contributed by atoms with Gasteiger partial charge in [-0.25, -0.2) is 14.4 Å². The first-order chi connectivity index (χ1) is 27.5. The Kier molecular flexibility index (Phi) is 10.4. The molecule has 318 valence electrons. The number of amides is 1. The summed E-state index contributed by atoms with van der Waals surface area (Å²) in [6.45, 7) is 9.67. The predicted octanol–water partition coefficient (Wildman–Crippen LogP) is 2.28. The fraction of sp³-hybridized carbons (Fsp3) is 0.558. The van der Waals surface area contributed by atoms with Gasteiger partial charge in [0.2, 0.25) is 0 Å². The number of ether oxygens (including phenoxy) is 5. The summed E-state index contributed by atoms with van der Waals surface area (Å²) in [6, 6.07) is 14.2. The maximum atomic E-state index is 15.0. The van der Waals surface area contributed by atoms with E-state index in [1.807, 2.05) is 0 Å². The van der Waals surface area contributed by atoms with Gasteiger partial charge in [0.25, 0.3) is 0 Å². The van der Waals surface area contributed by atoms with Crippen LogP contribution in [0.5, 0.6) is 0 Å². The summed E-state index contributed by atoms with van der Waals surface area (Å²) in [4.78, 5) is 70.3. The van der Waals surface area contributed by atoms with Gasteiger partial charge in [0.05, 0.1) is 35.6 Å². The van der Waals surface area contributed by atoms with E-state index in [0.29, 0.717) is 0 Å². The van der Waals surface area contributed by atoms with Crippen molar-refractivity contribution < 1.29 is 73.2 Å². The van der Waals surface area contributed by atoms with Gasteiger partial charge in [0, 0.05) is 25.2 Å². The molecule has 12 atom stereocenters. The number of carbonyl (C=O) groups excluding carboxylic acids is 5. The molecule has 4 fully saturated rings. The number of hydrogen-bond acceptors (Lipinski definition) is 15. The van der Waals surface area contributed by atoms with Gasteiger partial charge in [0.1, 0.15) is 30.0 Å². The lowest BCUT2D eigenvalue weighted by Crippen LogP contribution is -2.81. The molecule has 16 heteroatoms. The Balaban J connectivity index is 1.37. The van der Waals surface area contributed by atoms with Gasteiger partial charge >= 0.3 is 24.0 Å². The molecule has 16 nitrogen and oxygen atoms in total. The Morgan fingerprint density at radius 1 is 0.915 bits per heavy atom. The monoisotopic (exact) mass is 821 g/mol. The van der Waals surface area contributed by atoms with Crippen molar-refractivity contribution in [2.45, 2.75) is 127 Å². The second kappa shape index (κ2) is 14.5. The van der Waals surface area contributed by atoms with E-state index in [-0.39, 0.29) is 35.3 Å². The Morgan fingerprint density at radius 2 is 1.53 bits per heavy atom. The average Bonchev–Trinajstić information content (AvgIpc) is 3.38. The molecular weight excluding hydrogens is 770 g/mol. The van der Waals surface area contributed by atoms with Gasteiger partial charge in [-0.3, -0.25) is 14.5 Å². The first-order valence-corrected chi connectivity index (χ1v) is 19.6. The second-order valence-corrected chi connectivity index (χ2v) is 17.6. The second-order valence-electron chi connectivity index (χ2n) is 17.6. The van der Waals surface area contributed by atoms with Crippen LogP contribution in [0.4, 0.5) is 4.79 Å². The maximum Gasteiger partial charge on any atom is 0.413 e. The number of aliphatic hydroxyl groups is 5. The van der Waals surface area contributed by atoms with Crippen LogP contribution in [0.1, 0.15) is 83.3 Å². The third-order valence-electron chi connectivity index (χ3n) is 13.6. The third-order valence-corrected chi connectivity index (χ3v) is 13.6. The normalized spacial score (nSPS) is 36.7. The first kappa shape index (κ1) is 42.4. The van der Waals surface area contributed by atoms with Crippen molar-refractivity contribution in [2.75, 3.05) is 6.61 Å². The van der Waals surface area contributed by atoms with E-state index in [4.69, 9.17) is 23.7 Å². The minimum absolute atomic E-state index is 0.0648. The van der Waals surface area contributed by atoms with Gasteiger partial charge < -0.3 is 49.2 Å². The van der Waals surface area contributed by atoms with Crippen molar-refractivity contribution in [3.8, 4) is 0 Å². The predicted molar refractivity (Wildman–Crippen MR) is 203 cm³/mol. The molecule has 5 N–H and O–H groups in total. The molecule has 59 heavy (non-hydrogen) atoms. The molecule has 7 rings (SSSR count). The Hall–Kier alpha value is -4.71. The molecular formula is C43H51NO15. The van der Waals surface area contributed by atoms with Crippen LogP contribution >= 0.6 is 0 Å². The lowest BCUT2D eigenvalue weighted by atomic mass is 9.44. The molecule has 5 aliphatic rings. The molecule has 3 aliphatic carbocycles. The molecule has 1 unspecified atom stereocenters. The summed E-state index contributed by atoms with van der Waals surface area (Å²) in [7, 11) is 0. The largest absolute Gasteiger partial charge is 0.456 e. The smallest absolute Gasteiger partial charge is 0.413 e. The first-order valence-electron chi connectivity index (χ1n) is 19.6. The molecule has 0 spiro atoms. The van der Waals surface area contributed by atoms with Crippen LogP contribution in [0.25, 0.3) is 0 Å². The minimum Gasteiger partial charge on any atom is -0.456 e. The zero-order valence-electron chi connectivity index (χ0n) is 33.9. The Labute approximate surface area is 340 Å². The van der Waals surface area contributed by atoms with Gasteiger partial charge in [-0.1, -0.05) is 62.4 Å². The highest BCUT2D eigenvalue weighted by Crippen LogP contribution is 2.64.